The van der Waals surface area contributed by atoms with E-state index in [1.54, 1.807) is 0 Å². The van der Waals surface area contributed by atoms with Gasteiger partial charge >= 0.3 is 0 Å². The normalized spacial score (nSPS) is 12.2. The molecular formula is C17H21NO. The Hall–Kier alpha value is -1.80. The Balaban J connectivity index is 2.45. The second-order valence-electron chi connectivity index (χ2n) is 4.83. The quantitative estimate of drug-likeness (QED) is 0.884. The summed E-state index contributed by atoms with van der Waals surface area (Å²) in [5.41, 5.74) is 4.44. The average Bonchev–Trinajstić information content (AvgIpc) is 2.46. The summed E-state index contributed by atoms with van der Waals surface area (Å²) in [7, 11) is 2.05. The van der Waals surface area contributed by atoms with Gasteiger partial charge in [0.2, 0.25) is 0 Å². The molecule has 0 aromatic heterocycles. The fraction of sp³-hybridized carbons (Fsp3) is 0.294. The largest absolute Gasteiger partial charge is 0.388 e. The fourth-order valence-electron chi connectivity index (χ4n) is 2.36. The molecule has 0 saturated heterocycles. The van der Waals surface area contributed by atoms with E-state index in [0.717, 1.165) is 17.7 Å². The first-order chi connectivity index (χ1) is 9.15. The van der Waals surface area contributed by atoms with E-state index in [1.807, 2.05) is 44.3 Å². The average molecular weight is 255 g/mol. The van der Waals surface area contributed by atoms with Crippen molar-refractivity contribution in [2.24, 2.45) is 0 Å². The maximum atomic E-state index is 10.1. The lowest BCUT2D eigenvalue weighted by Crippen LogP contribution is -2.14. The molecule has 2 rings (SSSR count). The molecule has 2 heteroatoms. The second-order valence-corrected chi connectivity index (χ2v) is 4.83. The molecule has 0 amide bonds. The van der Waals surface area contributed by atoms with Crippen LogP contribution in [-0.4, -0.2) is 12.2 Å². The third-order valence-corrected chi connectivity index (χ3v) is 3.52. The van der Waals surface area contributed by atoms with Crippen molar-refractivity contribution in [3.05, 3.63) is 59.7 Å². The van der Waals surface area contributed by atoms with Crippen molar-refractivity contribution in [3.63, 3.8) is 0 Å². The highest BCUT2D eigenvalue weighted by Gasteiger charge is 2.14. The number of hydrogen-bond acceptors (Lipinski definition) is 2. The lowest BCUT2D eigenvalue weighted by molar-refractivity contribution is 0.174. The first-order valence-corrected chi connectivity index (χ1v) is 6.71. The fourth-order valence-corrected chi connectivity index (χ4v) is 2.36. The summed E-state index contributed by atoms with van der Waals surface area (Å²) in [5, 5.41) is 10.1. The third kappa shape index (κ3) is 2.79. The zero-order valence-electron chi connectivity index (χ0n) is 11.8. The Bertz CT molecular complexity index is 550. The molecule has 1 unspecified atom stereocenters. The number of para-hydroxylation sites is 2. The zero-order valence-corrected chi connectivity index (χ0v) is 11.8. The first kappa shape index (κ1) is 13.6. The smallest absolute Gasteiger partial charge is 0.0807 e. The molecule has 100 valence electrons. The Morgan fingerprint density at radius 2 is 1.58 bits per heavy atom. The molecule has 0 aliphatic carbocycles. The Labute approximate surface area is 115 Å². The Morgan fingerprint density at radius 1 is 1.00 bits per heavy atom. The highest BCUT2D eigenvalue weighted by molar-refractivity contribution is 5.68. The summed E-state index contributed by atoms with van der Waals surface area (Å²) in [4.78, 5) is 2.14. The lowest BCUT2D eigenvalue weighted by atomic mass is 10.0. The number of nitrogens with zero attached hydrogens (tertiary/aromatic N) is 1. The van der Waals surface area contributed by atoms with Crippen LogP contribution in [0.2, 0.25) is 0 Å². The molecule has 0 saturated carbocycles. The van der Waals surface area contributed by atoms with Gasteiger partial charge in [-0.15, -0.1) is 0 Å². The van der Waals surface area contributed by atoms with Crippen molar-refractivity contribution in [1.29, 1.82) is 0 Å². The predicted molar refractivity (Wildman–Crippen MR) is 80.9 cm³/mol. The number of anilines is 2. The molecular weight excluding hydrogens is 234 g/mol. The zero-order chi connectivity index (χ0) is 13.8. The number of aliphatic hydroxyl groups excluding tert-OH is 1. The lowest BCUT2D eigenvalue weighted by Gasteiger charge is -2.25. The molecule has 0 bridgehead atoms. The van der Waals surface area contributed by atoms with Crippen molar-refractivity contribution < 1.29 is 5.11 Å². The van der Waals surface area contributed by atoms with Crippen LogP contribution in [0.1, 0.15) is 30.6 Å². The number of benzene rings is 2. The molecule has 0 heterocycles. The second kappa shape index (κ2) is 5.89. The van der Waals surface area contributed by atoms with E-state index in [0.29, 0.717) is 0 Å². The molecule has 0 aliphatic rings. The van der Waals surface area contributed by atoms with Crippen LogP contribution in [0, 0.1) is 6.92 Å². The van der Waals surface area contributed by atoms with Gasteiger partial charge in [-0.05, 0) is 31.0 Å². The third-order valence-electron chi connectivity index (χ3n) is 3.52. The molecule has 0 radical (unpaired) electrons. The highest BCUT2D eigenvalue weighted by Crippen LogP contribution is 2.33. The van der Waals surface area contributed by atoms with Gasteiger partial charge in [0, 0.05) is 24.0 Å². The van der Waals surface area contributed by atoms with Gasteiger partial charge in [0.15, 0.2) is 0 Å². The van der Waals surface area contributed by atoms with Crippen molar-refractivity contribution in [2.75, 3.05) is 11.9 Å². The topological polar surface area (TPSA) is 23.5 Å². The minimum Gasteiger partial charge on any atom is -0.388 e. The van der Waals surface area contributed by atoms with Gasteiger partial charge in [-0.1, -0.05) is 43.3 Å². The Morgan fingerprint density at radius 3 is 2.21 bits per heavy atom. The summed E-state index contributed by atoms with van der Waals surface area (Å²) in [6, 6.07) is 16.3. The molecule has 19 heavy (non-hydrogen) atoms. The molecule has 2 nitrogen and oxygen atoms in total. The number of hydrogen-bond donors (Lipinski definition) is 1. The summed E-state index contributed by atoms with van der Waals surface area (Å²) >= 11 is 0. The number of aliphatic hydroxyl groups is 1. The summed E-state index contributed by atoms with van der Waals surface area (Å²) in [6.45, 7) is 4.10. The van der Waals surface area contributed by atoms with Gasteiger partial charge in [0.25, 0.3) is 0 Å². The van der Waals surface area contributed by atoms with Gasteiger partial charge in [-0.25, -0.2) is 0 Å². The van der Waals surface area contributed by atoms with E-state index in [2.05, 4.69) is 30.0 Å². The van der Waals surface area contributed by atoms with E-state index in [9.17, 15) is 5.11 Å². The van der Waals surface area contributed by atoms with Crippen LogP contribution in [0.3, 0.4) is 0 Å². The van der Waals surface area contributed by atoms with Crippen LogP contribution in [0.5, 0.6) is 0 Å². The van der Waals surface area contributed by atoms with E-state index in [-0.39, 0.29) is 0 Å². The molecule has 1 N–H and O–H groups in total. The molecule has 2 aromatic rings. The van der Waals surface area contributed by atoms with Crippen molar-refractivity contribution >= 4 is 11.4 Å². The predicted octanol–water partition coefficient (Wildman–Crippen LogP) is 4.21. The van der Waals surface area contributed by atoms with Crippen LogP contribution in [0.15, 0.2) is 48.5 Å². The number of aryl methyl sites for hydroxylation is 1. The van der Waals surface area contributed by atoms with Crippen LogP contribution >= 0.6 is 0 Å². The number of rotatable bonds is 4. The standard InChI is InChI=1S/C17H21NO/c1-4-17(19)14-10-6-8-12-16(14)18(3)15-11-7-5-9-13(15)2/h5-12,17,19H,4H2,1-3H3. The van der Waals surface area contributed by atoms with Crippen molar-refractivity contribution in [1.82, 2.24) is 0 Å². The van der Waals surface area contributed by atoms with E-state index in [4.69, 9.17) is 0 Å². The monoisotopic (exact) mass is 255 g/mol. The van der Waals surface area contributed by atoms with E-state index in [1.165, 1.54) is 11.3 Å². The van der Waals surface area contributed by atoms with Gasteiger partial charge in [0.1, 0.15) is 0 Å². The maximum absolute atomic E-state index is 10.1. The summed E-state index contributed by atoms with van der Waals surface area (Å²) in [5.74, 6) is 0. The van der Waals surface area contributed by atoms with Crippen LogP contribution in [0.25, 0.3) is 0 Å². The van der Waals surface area contributed by atoms with Crippen molar-refractivity contribution in [3.8, 4) is 0 Å². The minimum atomic E-state index is -0.414. The van der Waals surface area contributed by atoms with E-state index < -0.39 is 6.10 Å². The van der Waals surface area contributed by atoms with Crippen LogP contribution < -0.4 is 4.90 Å². The SMILES string of the molecule is CCC(O)c1ccccc1N(C)c1ccccc1C. The summed E-state index contributed by atoms with van der Waals surface area (Å²) in [6.07, 6.45) is 0.307. The van der Waals surface area contributed by atoms with Crippen molar-refractivity contribution in [2.45, 2.75) is 26.4 Å². The minimum absolute atomic E-state index is 0.414. The summed E-state index contributed by atoms with van der Waals surface area (Å²) < 4.78 is 0. The first-order valence-electron chi connectivity index (χ1n) is 6.71. The molecule has 2 aromatic carbocycles. The van der Waals surface area contributed by atoms with Crippen LogP contribution in [-0.2, 0) is 0 Å². The van der Waals surface area contributed by atoms with Gasteiger partial charge < -0.3 is 10.0 Å². The Kier molecular flexibility index (Phi) is 4.23. The molecule has 0 spiro atoms. The molecule has 1 atom stereocenters. The molecule has 0 fully saturated rings. The highest BCUT2D eigenvalue weighted by atomic mass is 16.3. The van der Waals surface area contributed by atoms with Gasteiger partial charge in [0.05, 0.1) is 6.10 Å². The van der Waals surface area contributed by atoms with Crippen LogP contribution in [0.4, 0.5) is 11.4 Å². The van der Waals surface area contributed by atoms with Gasteiger partial charge in [-0.2, -0.15) is 0 Å². The van der Waals surface area contributed by atoms with Gasteiger partial charge in [-0.3, -0.25) is 0 Å². The molecule has 0 aliphatic heterocycles. The maximum Gasteiger partial charge on any atom is 0.0807 e. The van der Waals surface area contributed by atoms with E-state index >= 15 is 0 Å².